The Labute approximate surface area is 151 Å². The number of ether oxygens (including phenoxy) is 1. The quantitative estimate of drug-likeness (QED) is 0.498. The highest BCUT2D eigenvalue weighted by Crippen LogP contribution is 2.19. The molecule has 0 bridgehead atoms. The normalized spacial score (nSPS) is 10.5. The van der Waals surface area contributed by atoms with Crippen LogP contribution in [0.25, 0.3) is 0 Å². The SMILES string of the molecule is Cc1cccc(C)c1NCC(=O)NN=Cc1ccccc1OCC(=O)O. The summed E-state index contributed by atoms with van der Waals surface area (Å²) < 4.78 is 5.17. The summed E-state index contributed by atoms with van der Waals surface area (Å²) in [6.07, 6.45) is 1.41. The number of rotatable bonds is 8. The van der Waals surface area contributed by atoms with E-state index in [1.54, 1.807) is 24.3 Å². The number of hydrogen-bond donors (Lipinski definition) is 3. The third kappa shape index (κ3) is 5.62. The van der Waals surface area contributed by atoms with E-state index in [1.807, 2.05) is 32.0 Å². The average Bonchev–Trinajstić information content (AvgIpc) is 2.60. The Morgan fingerprint density at radius 1 is 1.12 bits per heavy atom. The van der Waals surface area contributed by atoms with Crippen LogP contribution in [0.2, 0.25) is 0 Å². The zero-order valence-corrected chi connectivity index (χ0v) is 14.7. The Hall–Kier alpha value is -3.35. The molecule has 0 aliphatic carbocycles. The van der Waals surface area contributed by atoms with Gasteiger partial charge in [0.1, 0.15) is 5.75 Å². The van der Waals surface area contributed by atoms with Gasteiger partial charge < -0.3 is 15.2 Å². The van der Waals surface area contributed by atoms with Crippen molar-refractivity contribution in [3.63, 3.8) is 0 Å². The van der Waals surface area contributed by atoms with Crippen molar-refractivity contribution in [1.29, 1.82) is 0 Å². The molecule has 3 N–H and O–H groups in total. The number of benzene rings is 2. The lowest BCUT2D eigenvalue weighted by Crippen LogP contribution is -2.26. The number of carboxylic acids is 1. The molecule has 0 aromatic heterocycles. The van der Waals surface area contributed by atoms with Crippen LogP contribution in [-0.2, 0) is 9.59 Å². The van der Waals surface area contributed by atoms with Crippen LogP contribution in [0.5, 0.6) is 5.75 Å². The molecule has 0 unspecified atom stereocenters. The fourth-order valence-electron chi connectivity index (χ4n) is 2.33. The molecule has 0 saturated carbocycles. The monoisotopic (exact) mass is 355 g/mol. The van der Waals surface area contributed by atoms with E-state index in [0.717, 1.165) is 16.8 Å². The van der Waals surface area contributed by atoms with E-state index in [1.165, 1.54) is 6.21 Å². The number of carboxylic acid groups (broad SMARTS) is 1. The molecule has 136 valence electrons. The van der Waals surface area contributed by atoms with E-state index >= 15 is 0 Å². The summed E-state index contributed by atoms with van der Waals surface area (Å²) in [4.78, 5) is 22.5. The molecule has 0 heterocycles. The predicted octanol–water partition coefficient (Wildman–Crippen LogP) is 2.33. The van der Waals surface area contributed by atoms with Crippen molar-refractivity contribution in [1.82, 2.24) is 5.43 Å². The molecule has 0 aliphatic heterocycles. The summed E-state index contributed by atoms with van der Waals surface area (Å²) in [5, 5.41) is 15.7. The average molecular weight is 355 g/mol. The number of para-hydroxylation sites is 2. The molecule has 7 heteroatoms. The molecule has 2 aromatic carbocycles. The minimum Gasteiger partial charge on any atom is -0.481 e. The standard InChI is InChI=1S/C19H21N3O4/c1-13-6-5-7-14(2)19(13)20-11-17(23)22-21-10-15-8-3-4-9-16(15)26-12-18(24)25/h3-10,20H,11-12H2,1-2H3,(H,22,23)(H,24,25). The number of carbonyl (C=O) groups is 2. The van der Waals surface area contributed by atoms with Gasteiger partial charge in [0, 0.05) is 11.3 Å². The minimum absolute atomic E-state index is 0.0835. The Balaban J connectivity index is 1.90. The lowest BCUT2D eigenvalue weighted by Gasteiger charge is -2.11. The second kappa shape index (κ2) is 9.22. The lowest BCUT2D eigenvalue weighted by molar-refractivity contribution is -0.139. The van der Waals surface area contributed by atoms with Gasteiger partial charge in [-0.2, -0.15) is 5.10 Å². The van der Waals surface area contributed by atoms with Gasteiger partial charge in [-0.25, -0.2) is 10.2 Å². The first kappa shape index (κ1) is 19.0. The van der Waals surface area contributed by atoms with Crippen LogP contribution in [0.3, 0.4) is 0 Å². The van der Waals surface area contributed by atoms with E-state index < -0.39 is 12.6 Å². The van der Waals surface area contributed by atoms with Crippen molar-refractivity contribution < 1.29 is 19.4 Å². The van der Waals surface area contributed by atoms with Gasteiger partial charge in [-0.05, 0) is 37.1 Å². The predicted molar refractivity (Wildman–Crippen MR) is 99.7 cm³/mol. The smallest absolute Gasteiger partial charge is 0.341 e. The van der Waals surface area contributed by atoms with Crippen LogP contribution >= 0.6 is 0 Å². The summed E-state index contributed by atoms with van der Waals surface area (Å²) in [6, 6.07) is 12.7. The highest BCUT2D eigenvalue weighted by Gasteiger charge is 2.06. The summed E-state index contributed by atoms with van der Waals surface area (Å²) >= 11 is 0. The van der Waals surface area contributed by atoms with Gasteiger partial charge >= 0.3 is 5.97 Å². The number of carbonyl (C=O) groups excluding carboxylic acids is 1. The van der Waals surface area contributed by atoms with E-state index in [4.69, 9.17) is 9.84 Å². The number of hydrazone groups is 1. The number of aliphatic carboxylic acids is 1. The van der Waals surface area contributed by atoms with Gasteiger partial charge in [-0.1, -0.05) is 30.3 Å². The molecule has 0 fully saturated rings. The Bertz CT molecular complexity index is 798. The van der Waals surface area contributed by atoms with Gasteiger partial charge in [0.2, 0.25) is 0 Å². The summed E-state index contributed by atoms with van der Waals surface area (Å²) in [7, 11) is 0. The summed E-state index contributed by atoms with van der Waals surface area (Å²) in [5.74, 6) is -0.989. The van der Waals surface area contributed by atoms with Crippen molar-refractivity contribution in [2.75, 3.05) is 18.5 Å². The maximum absolute atomic E-state index is 11.9. The maximum Gasteiger partial charge on any atom is 0.341 e. The van der Waals surface area contributed by atoms with Crippen molar-refractivity contribution >= 4 is 23.8 Å². The molecule has 0 atom stereocenters. The highest BCUT2D eigenvalue weighted by atomic mass is 16.5. The van der Waals surface area contributed by atoms with Gasteiger partial charge in [0.15, 0.2) is 6.61 Å². The Morgan fingerprint density at radius 2 is 1.81 bits per heavy atom. The van der Waals surface area contributed by atoms with Gasteiger partial charge in [0.25, 0.3) is 5.91 Å². The molecule has 0 radical (unpaired) electrons. The van der Waals surface area contributed by atoms with Crippen LogP contribution in [0, 0.1) is 13.8 Å². The molecule has 2 rings (SSSR count). The van der Waals surface area contributed by atoms with E-state index in [2.05, 4.69) is 15.8 Å². The molecule has 0 aliphatic rings. The first-order valence-corrected chi connectivity index (χ1v) is 8.03. The summed E-state index contributed by atoms with van der Waals surface area (Å²) in [5.41, 5.74) is 6.05. The van der Waals surface area contributed by atoms with Gasteiger partial charge in [-0.3, -0.25) is 4.79 Å². The fourth-order valence-corrected chi connectivity index (χ4v) is 2.33. The van der Waals surface area contributed by atoms with Crippen LogP contribution in [0.15, 0.2) is 47.6 Å². The van der Waals surface area contributed by atoms with Crippen LogP contribution < -0.4 is 15.5 Å². The van der Waals surface area contributed by atoms with E-state index in [9.17, 15) is 9.59 Å². The molecule has 0 spiro atoms. The zero-order chi connectivity index (χ0) is 18.9. The third-order valence-electron chi connectivity index (χ3n) is 3.57. The zero-order valence-electron chi connectivity index (χ0n) is 14.7. The summed E-state index contributed by atoms with van der Waals surface area (Å²) in [6.45, 7) is 3.58. The topological polar surface area (TPSA) is 100 Å². The van der Waals surface area contributed by atoms with Crippen molar-refractivity contribution in [3.8, 4) is 5.75 Å². The molecule has 0 saturated heterocycles. The minimum atomic E-state index is -1.07. The lowest BCUT2D eigenvalue weighted by atomic mass is 10.1. The van der Waals surface area contributed by atoms with Crippen LogP contribution in [0.4, 0.5) is 5.69 Å². The van der Waals surface area contributed by atoms with Crippen LogP contribution in [0.1, 0.15) is 16.7 Å². The van der Waals surface area contributed by atoms with Crippen molar-refractivity contribution in [2.24, 2.45) is 5.10 Å². The second-order valence-electron chi connectivity index (χ2n) is 5.63. The largest absolute Gasteiger partial charge is 0.481 e. The van der Waals surface area contributed by atoms with Gasteiger partial charge in [-0.15, -0.1) is 0 Å². The number of amides is 1. The van der Waals surface area contributed by atoms with Crippen LogP contribution in [-0.4, -0.2) is 36.3 Å². The fraction of sp³-hybridized carbons (Fsp3) is 0.211. The van der Waals surface area contributed by atoms with Crippen molar-refractivity contribution in [3.05, 3.63) is 59.2 Å². The highest BCUT2D eigenvalue weighted by molar-refractivity contribution is 5.86. The number of nitrogens with one attached hydrogen (secondary N) is 2. The molecular formula is C19H21N3O4. The van der Waals surface area contributed by atoms with Crippen molar-refractivity contribution in [2.45, 2.75) is 13.8 Å². The number of hydrogen-bond acceptors (Lipinski definition) is 5. The van der Waals surface area contributed by atoms with E-state index in [-0.39, 0.29) is 12.5 Å². The number of anilines is 1. The first-order chi connectivity index (χ1) is 12.5. The maximum atomic E-state index is 11.9. The number of nitrogens with zero attached hydrogens (tertiary/aromatic N) is 1. The second-order valence-corrected chi connectivity index (χ2v) is 5.63. The molecule has 2 aromatic rings. The third-order valence-corrected chi connectivity index (χ3v) is 3.57. The Morgan fingerprint density at radius 3 is 2.50 bits per heavy atom. The van der Waals surface area contributed by atoms with Gasteiger partial charge in [0.05, 0.1) is 12.8 Å². The Kier molecular flexibility index (Phi) is 6.73. The molecular weight excluding hydrogens is 334 g/mol. The molecule has 1 amide bonds. The number of aryl methyl sites for hydroxylation is 2. The first-order valence-electron chi connectivity index (χ1n) is 8.03. The van der Waals surface area contributed by atoms with E-state index in [0.29, 0.717) is 11.3 Å². The molecule has 7 nitrogen and oxygen atoms in total. The molecule has 26 heavy (non-hydrogen) atoms.